The van der Waals surface area contributed by atoms with Crippen molar-refractivity contribution in [1.82, 2.24) is 0 Å². The van der Waals surface area contributed by atoms with Crippen molar-refractivity contribution in [3.63, 3.8) is 0 Å². The van der Waals surface area contributed by atoms with Gasteiger partial charge >= 0.3 is 39.5 Å². The highest BCUT2D eigenvalue weighted by atomic mass is 31.2. The van der Waals surface area contributed by atoms with Crippen LogP contribution in [-0.2, 0) is 65.4 Å². The van der Waals surface area contributed by atoms with Gasteiger partial charge < -0.3 is 33.8 Å². The van der Waals surface area contributed by atoms with Crippen LogP contribution in [0.1, 0.15) is 349 Å². The van der Waals surface area contributed by atoms with E-state index in [9.17, 15) is 43.2 Å². The van der Waals surface area contributed by atoms with Crippen molar-refractivity contribution in [1.29, 1.82) is 0 Å². The minimum absolute atomic E-state index is 0.106. The van der Waals surface area contributed by atoms with Crippen LogP contribution >= 0.6 is 15.6 Å². The first kappa shape index (κ1) is 85.1. The Kier molecular flexibility index (Phi) is 60.2. The Hall–Kier alpha value is -1.94. The van der Waals surface area contributed by atoms with Crippen molar-refractivity contribution in [3.8, 4) is 0 Å². The van der Waals surface area contributed by atoms with Crippen LogP contribution < -0.4 is 0 Å². The first-order valence-electron chi connectivity index (χ1n) is 35.6. The quantitative estimate of drug-likeness (QED) is 0.0222. The Balaban J connectivity index is 5.16. The van der Waals surface area contributed by atoms with E-state index in [2.05, 4.69) is 34.6 Å². The molecule has 0 bridgehead atoms. The molecule has 3 N–H and O–H groups in total. The van der Waals surface area contributed by atoms with E-state index in [0.29, 0.717) is 25.7 Å². The number of phosphoric acid groups is 2. The minimum atomic E-state index is -4.95. The number of hydrogen-bond donors (Lipinski definition) is 3. The van der Waals surface area contributed by atoms with Gasteiger partial charge in [-0.3, -0.25) is 37.3 Å². The Morgan fingerprint density at radius 1 is 0.310 bits per heavy atom. The van der Waals surface area contributed by atoms with Crippen molar-refractivity contribution in [2.75, 3.05) is 39.6 Å². The Bertz CT molecular complexity index is 1690. The smallest absolute Gasteiger partial charge is 0.462 e. The van der Waals surface area contributed by atoms with Gasteiger partial charge in [0, 0.05) is 25.7 Å². The largest absolute Gasteiger partial charge is 0.472 e. The van der Waals surface area contributed by atoms with Crippen molar-refractivity contribution < 1.29 is 80.2 Å². The number of unbranched alkanes of at least 4 members (excludes halogenated alkanes) is 40. The minimum Gasteiger partial charge on any atom is -0.462 e. The molecule has 5 atom stereocenters. The number of aliphatic hydroxyl groups excluding tert-OH is 1. The van der Waals surface area contributed by atoms with Gasteiger partial charge in [0.1, 0.15) is 19.3 Å². The molecule has 0 fully saturated rings. The summed E-state index contributed by atoms with van der Waals surface area (Å²) in [6.07, 6.45) is 47.5. The lowest BCUT2D eigenvalue weighted by Gasteiger charge is -2.21. The van der Waals surface area contributed by atoms with Gasteiger partial charge in [0.2, 0.25) is 0 Å². The van der Waals surface area contributed by atoms with Gasteiger partial charge in [-0.25, -0.2) is 9.13 Å². The monoisotopic (exact) mass is 1280 g/mol. The molecule has 0 radical (unpaired) electrons. The fourth-order valence-corrected chi connectivity index (χ4v) is 11.9. The summed E-state index contributed by atoms with van der Waals surface area (Å²) in [4.78, 5) is 72.2. The average molecular weight is 1280 g/mol. The number of ether oxygens (including phenoxy) is 4. The number of hydrogen-bond acceptors (Lipinski definition) is 15. The fraction of sp³-hybridized carbons (Fsp3) is 0.941. The van der Waals surface area contributed by atoms with E-state index in [1.54, 1.807) is 0 Å². The Morgan fingerprint density at radius 2 is 0.529 bits per heavy atom. The van der Waals surface area contributed by atoms with E-state index < -0.39 is 97.5 Å². The zero-order chi connectivity index (χ0) is 64.2. The molecule has 17 nitrogen and oxygen atoms in total. The lowest BCUT2D eigenvalue weighted by atomic mass is 10.0. The van der Waals surface area contributed by atoms with E-state index in [-0.39, 0.29) is 25.7 Å². The summed E-state index contributed by atoms with van der Waals surface area (Å²) in [6.45, 7) is 7.15. The van der Waals surface area contributed by atoms with Crippen LogP contribution in [0.15, 0.2) is 0 Å². The lowest BCUT2D eigenvalue weighted by molar-refractivity contribution is -0.161. The molecule has 0 saturated heterocycles. The summed E-state index contributed by atoms with van der Waals surface area (Å²) in [5, 5.41) is 10.5. The normalized spacial score (nSPS) is 14.1. The van der Waals surface area contributed by atoms with Gasteiger partial charge in [0.15, 0.2) is 12.2 Å². The molecule has 0 saturated carbocycles. The second-order valence-electron chi connectivity index (χ2n) is 25.0. The number of rotatable bonds is 68. The van der Waals surface area contributed by atoms with Crippen LogP contribution in [0.4, 0.5) is 0 Å². The highest BCUT2D eigenvalue weighted by Crippen LogP contribution is 2.45. The standard InChI is InChI=1S/C68H132O17P2/c1-6-9-12-15-17-19-21-22-23-24-25-26-30-35-39-44-49-54-68(73)85-64(58-79-66(71)52-47-42-37-33-31-27-29-32-36-41-45-50-61(4)5)60-83-87(76,77)81-56-62(69)55-80-86(74,75)82-59-63(57-78-65(70)51-46-40-14-11-8-3)84-67(72)53-48-43-38-34-28-20-18-16-13-10-7-2/h61-64,69H,6-60H2,1-5H3,(H,74,75)(H,76,77)/t62-,63+,64+/m0/s1. The molecular weight excluding hydrogens is 1150 g/mol. The van der Waals surface area contributed by atoms with Gasteiger partial charge in [0.05, 0.1) is 26.4 Å². The van der Waals surface area contributed by atoms with Crippen LogP contribution in [0.3, 0.4) is 0 Å². The summed E-state index contributed by atoms with van der Waals surface area (Å²) in [6, 6.07) is 0. The molecule has 0 amide bonds. The molecule has 2 unspecified atom stereocenters. The Labute approximate surface area is 530 Å². The fourth-order valence-electron chi connectivity index (χ4n) is 10.3. The summed E-state index contributed by atoms with van der Waals surface area (Å²) < 4.78 is 68.0. The third-order valence-corrected chi connectivity index (χ3v) is 17.7. The van der Waals surface area contributed by atoms with Gasteiger partial charge in [-0.15, -0.1) is 0 Å². The molecule has 0 heterocycles. The van der Waals surface area contributed by atoms with E-state index in [1.165, 1.54) is 167 Å². The van der Waals surface area contributed by atoms with E-state index in [0.717, 1.165) is 102 Å². The van der Waals surface area contributed by atoms with Crippen LogP contribution in [0, 0.1) is 5.92 Å². The van der Waals surface area contributed by atoms with Crippen molar-refractivity contribution in [2.24, 2.45) is 5.92 Å². The number of aliphatic hydroxyl groups is 1. The topological polar surface area (TPSA) is 237 Å². The molecule has 516 valence electrons. The van der Waals surface area contributed by atoms with E-state index in [1.807, 2.05) is 0 Å². The van der Waals surface area contributed by atoms with Crippen molar-refractivity contribution in [3.05, 3.63) is 0 Å². The maximum atomic E-state index is 13.0. The SMILES string of the molecule is CCCCCCCCCCCCCCCCCCCC(=O)O[C@H](COC(=O)CCCCCCCCCCCCCC(C)C)COP(=O)(O)OC[C@@H](O)COP(=O)(O)OC[C@@H](COC(=O)CCCCCCC)OC(=O)CCCCCCCCCCCCC. The van der Waals surface area contributed by atoms with E-state index in [4.69, 9.17) is 37.0 Å². The maximum absolute atomic E-state index is 13.0. The van der Waals surface area contributed by atoms with Gasteiger partial charge in [-0.1, -0.05) is 298 Å². The molecule has 0 aliphatic rings. The number of phosphoric ester groups is 2. The van der Waals surface area contributed by atoms with Crippen molar-refractivity contribution >= 4 is 39.5 Å². The number of esters is 4. The summed E-state index contributed by atoms with van der Waals surface area (Å²) in [7, 11) is -9.88. The number of carbonyl (C=O) groups excluding carboxylic acids is 4. The molecule has 0 aliphatic heterocycles. The van der Waals surface area contributed by atoms with Crippen LogP contribution in [-0.4, -0.2) is 96.7 Å². The van der Waals surface area contributed by atoms with Crippen LogP contribution in [0.5, 0.6) is 0 Å². The Morgan fingerprint density at radius 3 is 0.782 bits per heavy atom. The summed E-state index contributed by atoms with van der Waals surface area (Å²) >= 11 is 0. The highest BCUT2D eigenvalue weighted by Gasteiger charge is 2.30. The molecule has 0 rings (SSSR count). The van der Waals surface area contributed by atoms with Crippen LogP contribution in [0.25, 0.3) is 0 Å². The first-order valence-corrected chi connectivity index (χ1v) is 38.6. The second kappa shape index (κ2) is 61.6. The van der Waals surface area contributed by atoms with Crippen LogP contribution in [0.2, 0.25) is 0 Å². The molecule has 0 spiro atoms. The zero-order valence-electron chi connectivity index (χ0n) is 56.2. The molecule has 0 aliphatic carbocycles. The average Bonchev–Trinajstić information content (AvgIpc) is 3.70. The predicted molar refractivity (Wildman–Crippen MR) is 349 cm³/mol. The van der Waals surface area contributed by atoms with Gasteiger partial charge in [-0.2, -0.15) is 0 Å². The van der Waals surface area contributed by atoms with Gasteiger partial charge in [0.25, 0.3) is 0 Å². The predicted octanol–water partition coefficient (Wildman–Crippen LogP) is 19.4. The number of carbonyl (C=O) groups is 4. The zero-order valence-corrected chi connectivity index (χ0v) is 57.9. The maximum Gasteiger partial charge on any atom is 0.472 e. The molecule has 19 heteroatoms. The van der Waals surface area contributed by atoms with Gasteiger partial charge in [-0.05, 0) is 31.6 Å². The lowest BCUT2D eigenvalue weighted by Crippen LogP contribution is -2.30. The molecule has 0 aromatic carbocycles. The second-order valence-corrected chi connectivity index (χ2v) is 27.9. The van der Waals surface area contributed by atoms with Crippen molar-refractivity contribution in [2.45, 2.75) is 368 Å². The highest BCUT2D eigenvalue weighted by molar-refractivity contribution is 7.47. The molecule has 0 aromatic heterocycles. The third kappa shape index (κ3) is 62.6. The molecule has 0 aromatic rings. The third-order valence-electron chi connectivity index (χ3n) is 15.8. The molecule has 87 heavy (non-hydrogen) atoms. The first-order chi connectivity index (χ1) is 42.0. The summed E-state index contributed by atoms with van der Waals surface area (Å²) in [5.74, 6) is -1.36. The summed E-state index contributed by atoms with van der Waals surface area (Å²) in [5.41, 5.74) is 0. The van der Waals surface area contributed by atoms with E-state index >= 15 is 0 Å². The molecular formula is C68H132O17P2.